The molecule has 11 heteroatoms. The molecule has 4 atom stereocenters. The number of nitrogens with zero attached hydrogens (tertiary/aromatic N) is 2. The minimum atomic E-state index is -4.19. The quantitative estimate of drug-likeness (QED) is 0.472. The Hall–Kier alpha value is -2.63. The number of aliphatic hydroxyl groups is 1. The zero-order valence-corrected chi connectivity index (χ0v) is 26.4. The first kappa shape index (κ1) is 31.8. The Morgan fingerprint density at radius 3 is 2.74 bits per heavy atom. The molecular weight excluding hydrogens is 590 g/mol. The normalized spacial score (nSPS) is 27.3. The fourth-order valence-corrected chi connectivity index (χ4v) is 7.84. The van der Waals surface area contributed by atoms with E-state index in [1.54, 1.807) is 31.2 Å². The average molecular weight is 632 g/mol. The summed E-state index contributed by atoms with van der Waals surface area (Å²) in [7, 11) is -2.69. The maximum Gasteiger partial charge on any atom is 0.304 e. The number of carbonyl (C=O) groups is 1. The third-order valence-electron chi connectivity index (χ3n) is 8.96. The van der Waals surface area contributed by atoms with Gasteiger partial charge in [-0.2, -0.15) is 12.7 Å². The van der Waals surface area contributed by atoms with Crippen molar-refractivity contribution in [1.29, 1.82) is 0 Å². The van der Waals surface area contributed by atoms with E-state index >= 15 is 0 Å². The van der Waals surface area contributed by atoms with Crippen LogP contribution < -0.4 is 14.4 Å². The molecule has 2 bridgehead atoms. The molecule has 2 heterocycles. The molecule has 0 saturated heterocycles. The number of hydrogen-bond acceptors (Lipinski definition) is 7. The zero-order valence-electron chi connectivity index (χ0n) is 24.9. The van der Waals surface area contributed by atoms with E-state index in [1.807, 2.05) is 24.3 Å². The Bertz CT molecular complexity index is 1430. The summed E-state index contributed by atoms with van der Waals surface area (Å²) in [5.74, 6) is 0.296. The van der Waals surface area contributed by atoms with Crippen molar-refractivity contribution < 1.29 is 27.8 Å². The van der Waals surface area contributed by atoms with Crippen molar-refractivity contribution in [2.45, 2.75) is 64.2 Å². The third kappa shape index (κ3) is 7.54. The molecule has 0 unspecified atom stereocenters. The number of rotatable bonds is 3. The summed E-state index contributed by atoms with van der Waals surface area (Å²) in [6.45, 7) is 3.82. The monoisotopic (exact) mass is 631 g/mol. The number of aliphatic hydroxyl groups excluding tert-OH is 1. The fraction of sp³-hybridized carbons (Fsp3) is 0.531. The molecule has 234 valence electrons. The van der Waals surface area contributed by atoms with Gasteiger partial charge in [0.05, 0.1) is 18.4 Å². The molecule has 1 fully saturated rings. The number of nitrogens with one attached hydrogen (secondary N) is 1. The van der Waals surface area contributed by atoms with Crippen LogP contribution in [0.4, 0.5) is 5.69 Å². The summed E-state index contributed by atoms with van der Waals surface area (Å²) >= 11 is 6.31. The molecule has 0 spiro atoms. The van der Waals surface area contributed by atoms with Gasteiger partial charge in [-0.1, -0.05) is 29.8 Å². The van der Waals surface area contributed by atoms with Crippen molar-refractivity contribution in [3.63, 3.8) is 0 Å². The lowest BCUT2D eigenvalue weighted by Gasteiger charge is -2.42. The fourth-order valence-electron chi connectivity index (χ4n) is 6.30. The van der Waals surface area contributed by atoms with Crippen LogP contribution in [0.2, 0.25) is 5.02 Å². The Morgan fingerprint density at radius 1 is 1.14 bits per heavy atom. The summed E-state index contributed by atoms with van der Waals surface area (Å²) in [4.78, 5) is 15.7. The number of methoxy groups -OCH3 is 1. The summed E-state index contributed by atoms with van der Waals surface area (Å²) in [5, 5.41) is 11.8. The van der Waals surface area contributed by atoms with Gasteiger partial charge in [0.1, 0.15) is 12.4 Å². The van der Waals surface area contributed by atoms with Gasteiger partial charge in [-0.25, -0.2) is 4.72 Å². The number of aryl methyl sites for hydroxylation is 1. The lowest BCUT2D eigenvalue weighted by atomic mass is 9.70. The predicted octanol–water partition coefficient (Wildman–Crippen LogP) is 4.72. The summed E-state index contributed by atoms with van der Waals surface area (Å²) < 4.78 is 42.0. The lowest BCUT2D eigenvalue weighted by molar-refractivity contribution is 0.0460. The molecule has 2 aliphatic heterocycles. The van der Waals surface area contributed by atoms with Crippen molar-refractivity contribution >= 4 is 33.4 Å². The molecule has 43 heavy (non-hydrogen) atoms. The topological polar surface area (TPSA) is 108 Å². The average Bonchev–Trinajstić information content (AvgIpc) is 2.97. The second-order valence-electron chi connectivity index (χ2n) is 11.8. The van der Waals surface area contributed by atoms with E-state index in [1.165, 1.54) is 11.4 Å². The first-order valence-corrected chi connectivity index (χ1v) is 16.9. The molecule has 1 saturated carbocycles. The summed E-state index contributed by atoms with van der Waals surface area (Å²) in [5.41, 5.74) is 3.20. The third-order valence-corrected chi connectivity index (χ3v) is 10.8. The van der Waals surface area contributed by atoms with Crippen LogP contribution in [0.5, 0.6) is 5.75 Å². The van der Waals surface area contributed by atoms with E-state index in [9.17, 15) is 18.3 Å². The van der Waals surface area contributed by atoms with E-state index < -0.39 is 28.3 Å². The number of amides is 1. The van der Waals surface area contributed by atoms with Crippen molar-refractivity contribution in [3.05, 3.63) is 70.3 Å². The Balaban J connectivity index is 1.53. The molecule has 1 amide bonds. The SMILES string of the molecule is COCCN1[C@@H](C)C/C=C\[C@H](O)[C@@H]2CC[C@H]2CN2CCCCc3cc(Cl)ccc3COc3ccc(cc32)C(=O)NS1(=O)=O. The van der Waals surface area contributed by atoms with Crippen molar-refractivity contribution in [1.82, 2.24) is 9.03 Å². The Morgan fingerprint density at radius 2 is 1.98 bits per heavy atom. The van der Waals surface area contributed by atoms with E-state index in [2.05, 4.69) is 9.62 Å². The van der Waals surface area contributed by atoms with Crippen LogP contribution in [0.15, 0.2) is 48.6 Å². The van der Waals surface area contributed by atoms with Crippen molar-refractivity contribution in [3.8, 4) is 5.75 Å². The number of ether oxygens (including phenoxy) is 2. The zero-order chi connectivity index (χ0) is 30.6. The number of fused-ring (bicyclic) bond motifs is 3. The number of anilines is 1. The first-order valence-electron chi connectivity index (χ1n) is 15.1. The minimum Gasteiger partial charge on any atom is -0.487 e. The standard InChI is InChI=1S/C32H42ClN3O6S/c1-22-6-5-8-30(37)28-13-10-25(28)20-35-15-4-3-7-23-18-27(33)12-9-26(23)21-42-31-14-11-24(19-29(31)35)32(38)34-43(39,40)36(22)16-17-41-2/h5,8-9,11-12,14,18-19,22,25,28,30,37H,3-4,6-7,10,13,15-17,20-21H2,1-2H3,(H,34,38)/b8-5-/t22-,25-,28+,30-/m0/s1. The molecule has 5 rings (SSSR count). The molecule has 2 N–H and O–H groups in total. The first-order chi connectivity index (χ1) is 20.7. The number of carbonyl (C=O) groups excluding carboxylic acids is 1. The van der Waals surface area contributed by atoms with Gasteiger partial charge >= 0.3 is 10.2 Å². The molecular formula is C32H42ClN3O6S. The largest absolute Gasteiger partial charge is 0.487 e. The highest BCUT2D eigenvalue weighted by Gasteiger charge is 2.37. The highest BCUT2D eigenvalue weighted by atomic mass is 35.5. The maximum atomic E-state index is 13.5. The van der Waals surface area contributed by atoms with Crippen molar-refractivity contribution in [2.24, 2.45) is 11.8 Å². The molecule has 9 nitrogen and oxygen atoms in total. The molecule has 2 aromatic rings. The van der Waals surface area contributed by atoms with E-state index in [4.69, 9.17) is 21.1 Å². The second-order valence-corrected chi connectivity index (χ2v) is 13.9. The van der Waals surface area contributed by atoms with Gasteiger partial charge in [0.15, 0.2) is 0 Å². The number of halogens is 1. The minimum absolute atomic E-state index is 0.0832. The second kappa shape index (κ2) is 14.0. The Labute approximate surface area is 260 Å². The van der Waals surface area contributed by atoms with Gasteiger partial charge in [-0.15, -0.1) is 0 Å². The van der Waals surface area contributed by atoms with E-state index in [-0.39, 0.29) is 30.6 Å². The van der Waals surface area contributed by atoms with Gasteiger partial charge in [-0.05, 0) is 98.7 Å². The van der Waals surface area contributed by atoms with E-state index in [0.29, 0.717) is 30.3 Å². The van der Waals surface area contributed by atoms with Gasteiger partial charge < -0.3 is 19.5 Å². The van der Waals surface area contributed by atoms with Crippen LogP contribution in [0.25, 0.3) is 0 Å². The van der Waals surface area contributed by atoms with Crippen LogP contribution in [0.3, 0.4) is 0 Å². The number of hydrogen-bond donors (Lipinski definition) is 2. The van der Waals surface area contributed by atoms with Crippen LogP contribution in [-0.4, -0.2) is 69.2 Å². The molecule has 2 aromatic carbocycles. The van der Waals surface area contributed by atoms with Crippen LogP contribution in [0, 0.1) is 11.8 Å². The lowest BCUT2D eigenvalue weighted by Crippen LogP contribution is -2.48. The molecule has 1 aliphatic carbocycles. The van der Waals surface area contributed by atoms with Gasteiger partial charge in [0.25, 0.3) is 5.91 Å². The Kier molecular flexibility index (Phi) is 10.3. The van der Waals surface area contributed by atoms with Gasteiger partial charge in [0.2, 0.25) is 0 Å². The van der Waals surface area contributed by atoms with Gasteiger partial charge in [-0.3, -0.25) is 4.79 Å². The van der Waals surface area contributed by atoms with Gasteiger partial charge in [0, 0.05) is 43.4 Å². The summed E-state index contributed by atoms with van der Waals surface area (Å²) in [6, 6.07) is 10.5. The number of benzene rings is 2. The predicted molar refractivity (Wildman–Crippen MR) is 168 cm³/mol. The highest BCUT2D eigenvalue weighted by Crippen LogP contribution is 2.41. The van der Waals surface area contributed by atoms with E-state index in [0.717, 1.165) is 55.5 Å². The molecule has 3 aliphatic rings. The smallest absolute Gasteiger partial charge is 0.304 e. The summed E-state index contributed by atoms with van der Waals surface area (Å²) in [6.07, 6.45) is 8.08. The van der Waals surface area contributed by atoms with Crippen LogP contribution in [0.1, 0.15) is 60.5 Å². The van der Waals surface area contributed by atoms with Crippen LogP contribution in [-0.2, 0) is 28.0 Å². The van der Waals surface area contributed by atoms with Crippen molar-refractivity contribution in [2.75, 3.05) is 38.3 Å². The van der Waals surface area contributed by atoms with Crippen LogP contribution >= 0.6 is 11.6 Å². The molecule has 0 aromatic heterocycles. The maximum absolute atomic E-state index is 13.5. The highest BCUT2D eigenvalue weighted by molar-refractivity contribution is 7.87. The molecule has 0 radical (unpaired) electrons.